The van der Waals surface area contributed by atoms with Gasteiger partial charge in [0.2, 0.25) is 0 Å². The molecule has 2 N–H and O–H groups in total. The second-order valence-corrected chi connectivity index (χ2v) is 8.96. The molecule has 3 saturated carbocycles. The van der Waals surface area contributed by atoms with Crippen molar-refractivity contribution in [2.24, 2.45) is 34.5 Å². The molecule has 0 amide bonds. The monoisotopic (exact) mass is 316 g/mol. The van der Waals surface area contributed by atoms with Crippen LogP contribution in [0.25, 0.3) is 0 Å². The fraction of sp³-hybridized carbons (Fsp3) is 0.750. The van der Waals surface area contributed by atoms with Crippen molar-refractivity contribution in [2.45, 2.75) is 58.7 Å². The lowest BCUT2D eigenvalue weighted by Gasteiger charge is -2.58. The van der Waals surface area contributed by atoms with E-state index in [2.05, 4.69) is 20.8 Å². The molecule has 0 aliphatic heterocycles. The van der Waals surface area contributed by atoms with Crippen molar-refractivity contribution in [3.8, 4) is 0 Å². The summed E-state index contributed by atoms with van der Waals surface area (Å²) in [7, 11) is 0. The van der Waals surface area contributed by atoms with Gasteiger partial charge < -0.3 is 10.2 Å². The molecule has 126 valence electrons. The maximum Gasteiger partial charge on any atom is 0.178 e. The van der Waals surface area contributed by atoms with Crippen LogP contribution in [0, 0.1) is 34.5 Å². The Labute approximate surface area is 138 Å². The molecule has 0 aromatic rings. The summed E-state index contributed by atoms with van der Waals surface area (Å²) in [5.41, 5.74) is 0.834. The van der Waals surface area contributed by atoms with Gasteiger partial charge in [-0.25, -0.2) is 0 Å². The molecule has 4 rings (SSSR count). The largest absolute Gasteiger partial charge is 0.393 e. The zero-order valence-electron chi connectivity index (χ0n) is 14.3. The summed E-state index contributed by atoms with van der Waals surface area (Å²) in [4.78, 5) is 11.8. The number of aliphatic hydroxyl groups excluding tert-OH is 2. The average Bonchev–Trinajstić information content (AvgIpc) is 2.71. The van der Waals surface area contributed by atoms with Crippen molar-refractivity contribution in [3.05, 3.63) is 23.8 Å². The van der Waals surface area contributed by atoms with Crippen molar-refractivity contribution < 1.29 is 15.0 Å². The summed E-state index contributed by atoms with van der Waals surface area (Å²) in [6, 6.07) is 0. The molecule has 0 saturated heterocycles. The van der Waals surface area contributed by atoms with E-state index in [1.54, 1.807) is 12.2 Å². The van der Waals surface area contributed by atoms with E-state index in [-0.39, 0.29) is 28.6 Å². The first-order valence-corrected chi connectivity index (χ1v) is 9.08. The summed E-state index contributed by atoms with van der Waals surface area (Å²) in [5, 5.41) is 21.7. The zero-order chi connectivity index (χ0) is 16.6. The summed E-state index contributed by atoms with van der Waals surface area (Å²) < 4.78 is 0. The van der Waals surface area contributed by atoms with Crippen molar-refractivity contribution in [1.82, 2.24) is 0 Å². The van der Waals surface area contributed by atoms with Gasteiger partial charge in [-0.15, -0.1) is 0 Å². The maximum atomic E-state index is 11.8. The highest BCUT2D eigenvalue weighted by Crippen LogP contribution is 2.65. The molecule has 4 aliphatic carbocycles. The lowest BCUT2D eigenvalue weighted by atomic mass is 9.47. The van der Waals surface area contributed by atoms with Gasteiger partial charge in [0.25, 0.3) is 0 Å². The van der Waals surface area contributed by atoms with Gasteiger partial charge in [0.05, 0.1) is 12.2 Å². The van der Waals surface area contributed by atoms with Crippen LogP contribution in [0.1, 0.15) is 46.5 Å². The van der Waals surface area contributed by atoms with Gasteiger partial charge in [-0.3, -0.25) is 4.79 Å². The molecular weight excluding hydrogens is 288 g/mol. The highest BCUT2D eigenvalue weighted by Gasteiger charge is 2.62. The van der Waals surface area contributed by atoms with E-state index < -0.39 is 6.10 Å². The standard InChI is InChI=1S/C20H28O3/c1-11-8-15-14-5-4-12-9-13(21)6-7-19(12,2)17(14)16(22)10-20(15,3)18(11)23/h6-7,9,11,14-18,22-23H,4-5,8,10H2,1-3H3/t11?,14?,15?,16?,17?,18-,19?,20?/m1/s1. The number of ketones is 1. The maximum absolute atomic E-state index is 11.8. The van der Waals surface area contributed by atoms with Crippen LogP contribution in [0.4, 0.5) is 0 Å². The Morgan fingerprint density at radius 3 is 2.74 bits per heavy atom. The van der Waals surface area contributed by atoms with Crippen LogP contribution >= 0.6 is 0 Å². The topological polar surface area (TPSA) is 57.5 Å². The average molecular weight is 316 g/mol. The van der Waals surface area contributed by atoms with Crippen molar-refractivity contribution in [2.75, 3.05) is 0 Å². The normalized spacial score (nSPS) is 55.0. The quantitative estimate of drug-likeness (QED) is 0.722. The number of allylic oxidation sites excluding steroid dienone is 4. The minimum atomic E-state index is -0.409. The molecule has 0 bridgehead atoms. The third kappa shape index (κ3) is 1.93. The fourth-order valence-electron chi connectivity index (χ4n) is 6.67. The Morgan fingerprint density at radius 1 is 1.26 bits per heavy atom. The van der Waals surface area contributed by atoms with Crippen LogP contribution < -0.4 is 0 Å². The Hall–Kier alpha value is -0.930. The molecule has 23 heavy (non-hydrogen) atoms. The van der Waals surface area contributed by atoms with Crippen molar-refractivity contribution >= 4 is 5.78 Å². The third-order valence-electron chi connectivity index (χ3n) is 7.77. The number of rotatable bonds is 0. The highest BCUT2D eigenvalue weighted by atomic mass is 16.3. The van der Waals surface area contributed by atoms with Gasteiger partial charge in [0.15, 0.2) is 5.78 Å². The van der Waals surface area contributed by atoms with Crippen LogP contribution in [0.15, 0.2) is 23.8 Å². The summed E-state index contributed by atoms with van der Waals surface area (Å²) in [6.45, 7) is 6.52. The Bertz CT molecular complexity index is 606. The lowest BCUT2D eigenvalue weighted by molar-refractivity contribution is -0.131. The first-order valence-electron chi connectivity index (χ1n) is 9.08. The summed E-state index contributed by atoms with van der Waals surface area (Å²) in [5.74, 6) is 1.47. The number of fused-ring (bicyclic) bond motifs is 5. The number of hydrogen-bond acceptors (Lipinski definition) is 3. The van der Waals surface area contributed by atoms with Gasteiger partial charge in [0, 0.05) is 11.3 Å². The predicted molar refractivity (Wildman–Crippen MR) is 88.6 cm³/mol. The molecule has 0 spiro atoms. The lowest BCUT2D eigenvalue weighted by Crippen LogP contribution is -2.56. The van der Waals surface area contributed by atoms with E-state index in [9.17, 15) is 15.0 Å². The van der Waals surface area contributed by atoms with Crippen molar-refractivity contribution in [1.29, 1.82) is 0 Å². The fourth-order valence-corrected chi connectivity index (χ4v) is 6.67. The molecule has 0 radical (unpaired) electrons. The van der Waals surface area contributed by atoms with Gasteiger partial charge in [0.1, 0.15) is 0 Å². The molecule has 0 heterocycles. The van der Waals surface area contributed by atoms with Gasteiger partial charge in [-0.05, 0) is 61.0 Å². The zero-order valence-corrected chi connectivity index (χ0v) is 14.3. The molecule has 3 heteroatoms. The predicted octanol–water partition coefficient (Wildman–Crippen LogP) is 2.87. The summed E-state index contributed by atoms with van der Waals surface area (Å²) in [6.07, 6.45) is 8.51. The van der Waals surface area contributed by atoms with E-state index in [4.69, 9.17) is 0 Å². The number of carbonyl (C=O) groups excluding carboxylic acids is 1. The molecule has 7 unspecified atom stereocenters. The van der Waals surface area contributed by atoms with Gasteiger partial charge in [-0.1, -0.05) is 32.4 Å². The first-order chi connectivity index (χ1) is 10.8. The van der Waals surface area contributed by atoms with Gasteiger partial charge >= 0.3 is 0 Å². The number of aliphatic hydroxyl groups is 2. The van der Waals surface area contributed by atoms with Crippen LogP contribution in [-0.2, 0) is 4.79 Å². The van der Waals surface area contributed by atoms with E-state index in [0.29, 0.717) is 24.2 Å². The summed E-state index contributed by atoms with van der Waals surface area (Å²) >= 11 is 0. The number of hydrogen-bond donors (Lipinski definition) is 2. The first kappa shape index (κ1) is 15.6. The van der Waals surface area contributed by atoms with Crippen LogP contribution in [0.2, 0.25) is 0 Å². The Balaban J connectivity index is 1.76. The second kappa shape index (κ2) is 4.80. The van der Waals surface area contributed by atoms with Crippen LogP contribution in [0.3, 0.4) is 0 Å². The Morgan fingerprint density at radius 2 is 2.00 bits per heavy atom. The highest BCUT2D eigenvalue weighted by molar-refractivity contribution is 6.01. The molecule has 4 aliphatic rings. The number of carbonyl (C=O) groups is 1. The van der Waals surface area contributed by atoms with E-state index >= 15 is 0 Å². The molecule has 3 fully saturated rings. The second-order valence-electron chi connectivity index (χ2n) is 8.96. The third-order valence-corrected chi connectivity index (χ3v) is 7.77. The molecule has 0 aromatic heterocycles. The molecule has 0 aromatic carbocycles. The molecule has 8 atom stereocenters. The minimum Gasteiger partial charge on any atom is -0.393 e. The van der Waals surface area contributed by atoms with Gasteiger partial charge in [-0.2, -0.15) is 0 Å². The minimum absolute atomic E-state index is 0.0796. The van der Waals surface area contributed by atoms with E-state index in [0.717, 1.165) is 19.3 Å². The smallest absolute Gasteiger partial charge is 0.178 e. The SMILES string of the molecule is CC1CC2C3CCC4=CC(=O)C=CC4(C)C3C(O)CC2(C)[C@@H]1O. The van der Waals surface area contributed by atoms with Crippen molar-refractivity contribution in [3.63, 3.8) is 0 Å². The van der Waals surface area contributed by atoms with E-state index in [1.807, 2.05) is 6.08 Å². The van der Waals surface area contributed by atoms with E-state index in [1.165, 1.54) is 5.57 Å². The van der Waals surface area contributed by atoms with Crippen LogP contribution in [-0.4, -0.2) is 28.2 Å². The molecular formula is C20H28O3. The Kier molecular flexibility index (Phi) is 3.25. The van der Waals surface area contributed by atoms with Crippen LogP contribution in [0.5, 0.6) is 0 Å². The molecule has 3 nitrogen and oxygen atoms in total.